The second-order valence-electron chi connectivity index (χ2n) is 5.66. The topological polar surface area (TPSA) is 0 Å². The van der Waals surface area contributed by atoms with Gasteiger partial charge in [-0.25, -0.2) is 0 Å². The molecule has 0 aliphatic heterocycles. The van der Waals surface area contributed by atoms with E-state index in [9.17, 15) is 0 Å². The Hall–Kier alpha value is -1.27. The lowest BCUT2D eigenvalue weighted by molar-refractivity contribution is 0.590. The van der Waals surface area contributed by atoms with Crippen molar-refractivity contribution in [1.82, 2.24) is 0 Å². The van der Waals surface area contributed by atoms with Crippen molar-refractivity contribution in [3.05, 3.63) is 59.7 Å². The predicted octanol–water partition coefficient (Wildman–Crippen LogP) is 5.39. The summed E-state index contributed by atoms with van der Waals surface area (Å²) < 4.78 is 0. The third kappa shape index (κ3) is 2.94. The van der Waals surface area contributed by atoms with Crippen LogP contribution in [0.1, 0.15) is 31.9 Å². The lowest BCUT2D eigenvalue weighted by Gasteiger charge is -2.19. The summed E-state index contributed by atoms with van der Waals surface area (Å²) in [4.78, 5) is 0. The van der Waals surface area contributed by atoms with Gasteiger partial charge in [-0.05, 0) is 27.7 Å². The van der Waals surface area contributed by atoms with Gasteiger partial charge < -0.3 is 0 Å². The monoisotopic (exact) mass is 258 g/mol. The number of halogens is 1. The molecule has 0 heterocycles. The molecule has 1 heteroatoms. The van der Waals surface area contributed by atoms with E-state index in [2.05, 4.69) is 69.3 Å². The zero-order valence-corrected chi connectivity index (χ0v) is 12.0. The molecule has 2 aromatic carbocycles. The molecule has 0 spiro atoms. The van der Waals surface area contributed by atoms with Crippen molar-refractivity contribution < 1.29 is 0 Å². The summed E-state index contributed by atoms with van der Waals surface area (Å²) in [7, 11) is 0. The Labute approximate surface area is 115 Å². The molecule has 0 aliphatic carbocycles. The maximum atomic E-state index is 5.80. The van der Waals surface area contributed by atoms with Gasteiger partial charge in [-0.2, -0.15) is 0 Å². The van der Waals surface area contributed by atoms with Crippen LogP contribution in [0, 0.1) is 0 Å². The number of rotatable bonds is 2. The zero-order valence-electron chi connectivity index (χ0n) is 11.2. The summed E-state index contributed by atoms with van der Waals surface area (Å²) in [5.41, 5.74) is 5.23. The van der Waals surface area contributed by atoms with E-state index in [-0.39, 0.29) is 5.41 Å². The standard InChI is InChI=1S/C17H19Cl/c1-17(2,3)16-10-8-15(9-11-16)14-6-4-13(12-18)5-7-14/h4-11H,12H2,1-3H3. The molecule has 0 saturated carbocycles. The van der Waals surface area contributed by atoms with Crippen LogP contribution in [-0.4, -0.2) is 0 Å². The van der Waals surface area contributed by atoms with Crippen LogP contribution in [0.25, 0.3) is 11.1 Å². The van der Waals surface area contributed by atoms with Gasteiger partial charge in [0.2, 0.25) is 0 Å². The maximum Gasteiger partial charge on any atom is 0.0474 e. The molecule has 0 atom stereocenters. The first-order valence-electron chi connectivity index (χ1n) is 6.26. The summed E-state index contributed by atoms with van der Waals surface area (Å²) in [5, 5.41) is 0. The Morgan fingerprint density at radius 2 is 1.22 bits per heavy atom. The Balaban J connectivity index is 2.28. The second kappa shape index (κ2) is 5.16. The molecule has 0 aliphatic rings. The molecule has 0 unspecified atom stereocenters. The smallest absolute Gasteiger partial charge is 0.0474 e. The molecule has 0 saturated heterocycles. The Morgan fingerprint density at radius 1 is 0.778 bits per heavy atom. The molecule has 0 radical (unpaired) electrons. The highest BCUT2D eigenvalue weighted by Crippen LogP contribution is 2.26. The van der Waals surface area contributed by atoms with Crippen molar-refractivity contribution in [2.24, 2.45) is 0 Å². The zero-order chi connectivity index (χ0) is 13.2. The van der Waals surface area contributed by atoms with Crippen molar-refractivity contribution in [1.29, 1.82) is 0 Å². The van der Waals surface area contributed by atoms with Crippen molar-refractivity contribution in [2.75, 3.05) is 0 Å². The van der Waals surface area contributed by atoms with Crippen molar-refractivity contribution >= 4 is 11.6 Å². The first-order chi connectivity index (χ1) is 8.50. The molecule has 0 fully saturated rings. The van der Waals surface area contributed by atoms with Crippen molar-refractivity contribution in [3.8, 4) is 11.1 Å². The number of alkyl halides is 1. The highest BCUT2D eigenvalue weighted by molar-refractivity contribution is 6.17. The van der Waals surface area contributed by atoms with E-state index in [4.69, 9.17) is 11.6 Å². The predicted molar refractivity (Wildman–Crippen MR) is 80.1 cm³/mol. The van der Waals surface area contributed by atoms with Gasteiger partial charge in [0.25, 0.3) is 0 Å². The van der Waals surface area contributed by atoms with E-state index in [1.807, 2.05) is 0 Å². The molecule has 2 rings (SSSR count). The molecule has 0 bridgehead atoms. The van der Waals surface area contributed by atoms with Crippen LogP contribution in [0.4, 0.5) is 0 Å². The fourth-order valence-corrected chi connectivity index (χ4v) is 2.13. The lowest BCUT2D eigenvalue weighted by Crippen LogP contribution is -2.10. The summed E-state index contributed by atoms with van der Waals surface area (Å²) in [5.74, 6) is 0.573. The third-order valence-corrected chi connectivity index (χ3v) is 3.50. The molecule has 0 amide bonds. The van der Waals surface area contributed by atoms with Crippen molar-refractivity contribution in [3.63, 3.8) is 0 Å². The summed E-state index contributed by atoms with van der Waals surface area (Å²) in [6, 6.07) is 17.2. The quantitative estimate of drug-likeness (QED) is 0.634. The van der Waals surface area contributed by atoms with E-state index in [1.54, 1.807) is 0 Å². The second-order valence-corrected chi connectivity index (χ2v) is 5.93. The number of hydrogen-bond acceptors (Lipinski definition) is 0. The van der Waals surface area contributed by atoms with Gasteiger partial charge in [0.15, 0.2) is 0 Å². The average molecular weight is 259 g/mol. The number of benzene rings is 2. The van der Waals surface area contributed by atoms with Crippen LogP contribution >= 0.6 is 11.6 Å². The van der Waals surface area contributed by atoms with E-state index in [1.165, 1.54) is 16.7 Å². The van der Waals surface area contributed by atoms with Crippen LogP contribution in [-0.2, 0) is 11.3 Å². The third-order valence-electron chi connectivity index (χ3n) is 3.19. The van der Waals surface area contributed by atoms with Crippen LogP contribution in [0.15, 0.2) is 48.5 Å². The molecule has 0 N–H and O–H groups in total. The van der Waals surface area contributed by atoms with Crippen LogP contribution < -0.4 is 0 Å². The van der Waals surface area contributed by atoms with Gasteiger partial charge in [0, 0.05) is 5.88 Å². The van der Waals surface area contributed by atoms with Gasteiger partial charge in [-0.1, -0.05) is 69.3 Å². The molecule has 94 valence electrons. The highest BCUT2D eigenvalue weighted by atomic mass is 35.5. The Bertz CT molecular complexity index is 501. The minimum absolute atomic E-state index is 0.209. The minimum atomic E-state index is 0.209. The summed E-state index contributed by atoms with van der Waals surface area (Å²) >= 11 is 5.80. The summed E-state index contributed by atoms with van der Waals surface area (Å²) in [6.07, 6.45) is 0. The normalized spacial score (nSPS) is 11.6. The van der Waals surface area contributed by atoms with Crippen LogP contribution in [0.5, 0.6) is 0 Å². The molecule has 0 aromatic heterocycles. The lowest BCUT2D eigenvalue weighted by atomic mass is 9.86. The highest BCUT2D eigenvalue weighted by Gasteiger charge is 2.12. The van der Waals surface area contributed by atoms with E-state index in [0.717, 1.165) is 5.56 Å². The van der Waals surface area contributed by atoms with Gasteiger partial charge >= 0.3 is 0 Å². The Morgan fingerprint density at radius 3 is 1.61 bits per heavy atom. The molecular formula is C17H19Cl. The molecule has 2 aromatic rings. The largest absolute Gasteiger partial charge is 0.122 e. The molecule has 0 nitrogen and oxygen atoms in total. The summed E-state index contributed by atoms with van der Waals surface area (Å²) in [6.45, 7) is 6.70. The first-order valence-corrected chi connectivity index (χ1v) is 6.80. The fraction of sp³-hybridized carbons (Fsp3) is 0.294. The number of hydrogen-bond donors (Lipinski definition) is 0. The average Bonchev–Trinajstić information content (AvgIpc) is 2.38. The van der Waals surface area contributed by atoms with E-state index in [0.29, 0.717) is 5.88 Å². The maximum absolute atomic E-state index is 5.80. The first kappa shape index (κ1) is 13.2. The Kier molecular flexibility index (Phi) is 3.77. The fourth-order valence-electron chi connectivity index (χ4n) is 1.95. The molecule has 18 heavy (non-hydrogen) atoms. The van der Waals surface area contributed by atoms with Gasteiger partial charge in [-0.15, -0.1) is 11.6 Å². The van der Waals surface area contributed by atoms with Gasteiger partial charge in [-0.3, -0.25) is 0 Å². The van der Waals surface area contributed by atoms with Gasteiger partial charge in [0.05, 0.1) is 0 Å². The van der Waals surface area contributed by atoms with E-state index < -0.39 is 0 Å². The van der Waals surface area contributed by atoms with E-state index >= 15 is 0 Å². The van der Waals surface area contributed by atoms with Gasteiger partial charge in [0.1, 0.15) is 0 Å². The minimum Gasteiger partial charge on any atom is -0.122 e. The van der Waals surface area contributed by atoms with Crippen LogP contribution in [0.2, 0.25) is 0 Å². The van der Waals surface area contributed by atoms with Crippen LogP contribution in [0.3, 0.4) is 0 Å². The SMILES string of the molecule is CC(C)(C)c1ccc(-c2ccc(CCl)cc2)cc1. The van der Waals surface area contributed by atoms with Crippen molar-refractivity contribution in [2.45, 2.75) is 32.1 Å². The molecular weight excluding hydrogens is 240 g/mol.